The van der Waals surface area contributed by atoms with Gasteiger partial charge in [-0.05, 0) is 26.0 Å². The Labute approximate surface area is 91.7 Å². The fourth-order valence-corrected chi connectivity index (χ4v) is 1.43. The summed E-state index contributed by atoms with van der Waals surface area (Å²) in [6, 6.07) is 3.57. The van der Waals surface area contributed by atoms with Crippen LogP contribution in [-0.4, -0.2) is 21.2 Å². The van der Waals surface area contributed by atoms with Crippen LogP contribution < -0.4 is 0 Å². The minimum absolute atomic E-state index is 0.0886. The lowest BCUT2D eigenvalue weighted by Crippen LogP contribution is -1.99. The third-order valence-electron chi connectivity index (χ3n) is 2.26. The van der Waals surface area contributed by atoms with Gasteiger partial charge in [-0.25, -0.2) is 4.79 Å². The van der Waals surface area contributed by atoms with E-state index in [1.165, 1.54) is 0 Å². The van der Waals surface area contributed by atoms with E-state index in [9.17, 15) is 4.79 Å². The van der Waals surface area contributed by atoms with Crippen molar-refractivity contribution in [1.29, 1.82) is 0 Å². The van der Waals surface area contributed by atoms with E-state index in [1.54, 1.807) is 25.3 Å². The average Bonchev–Trinajstić information content (AvgIpc) is 2.61. The fraction of sp³-hybridized carbons (Fsp3) is 0.182. The highest BCUT2D eigenvalue weighted by molar-refractivity contribution is 5.95. The van der Waals surface area contributed by atoms with Crippen molar-refractivity contribution in [3.63, 3.8) is 0 Å². The van der Waals surface area contributed by atoms with Gasteiger partial charge in [0.15, 0.2) is 0 Å². The maximum atomic E-state index is 11.0. The predicted octanol–water partition coefficient (Wildman–Crippen LogP) is 2.05. The standard InChI is InChI=1S/C11H10N2O3/c1-6-3-4-8(5-12-6)10-9(11(14)15)7(2)16-13-10/h3-5H,1-2H3,(H,14,15). The van der Waals surface area contributed by atoms with Gasteiger partial charge in [-0.2, -0.15) is 0 Å². The summed E-state index contributed by atoms with van der Waals surface area (Å²) < 4.78 is 4.88. The number of carbonyl (C=O) groups is 1. The largest absolute Gasteiger partial charge is 0.477 e. The van der Waals surface area contributed by atoms with Gasteiger partial charge in [-0.1, -0.05) is 5.16 Å². The third kappa shape index (κ3) is 1.67. The van der Waals surface area contributed by atoms with Crippen LogP contribution >= 0.6 is 0 Å². The second-order valence-corrected chi connectivity index (χ2v) is 3.46. The molecule has 0 atom stereocenters. The van der Waals surface area contributed by atoms with Crippen molar-refractivity contribution in [2.45, 2.75) is 13.8 Å². The first-order valence-corrected chi connectivity index (χ1v) is 4.72. The smallest absolute Gasteiger partial charge is 0.341 e. The van der Waals surface area contributed by atoms with Gasteiger partial charge in [0, 0.05) is 17.5 Å². The van der Waals surface area contributed by atoms with Crippen LogP contribution in [0.1, 0.15) is 21.8 Å². The molecule has 5 nitrogen and oxygen atoms in total. The van der Waals surface area contributed by atoms with Crippen molar-refractivity contribution in [3.8, 4) is 11.3 Å². The summed E-state index contributed by atoms with van der Waals surface area (Å²) in [6.07, 6.45) is 1.58. The molecule has 0 spiro atoms. The van der Waals surface area contributed by atoms with E-state index in [2.05, 4.69) is 10.1 Å². The summed E-state index contributed by atoms with van der Waals surface area (Å²) in [5.74, 6) is -0.752. The fourth-order valence-electron chi connectivity index (χ4n) is 1.43. The summed E-state index contributed by atoms with van der Waals surface area (Å²) in [4.78, 5) is 15.1. The van der Waals surface area contributed by atoms with E-state index in [1.807, 2.05) is 6.92 Å². The normalized spacial score (nSPS) is 10.4. The first-order valence-electron chi connectivity index (χ1n) is 4.72. The zero-order valence-electron chi connectivity index (χ0n) is 8.89. The van der Waals surface area contributed by atoms with Crippen LogP contribution in [-0.2, 0) is 0 Å². The summed E-state index contributed by atoms with van der Waals surface area (Å²) in [7, 11) is 0. The molecular weight excluding hydrogens is 208 g/mol. The zero-order valence-corrected chi connectivity index (χ0v) is 8.89. The summed E-state index contributed by atoms with van der Waals surface area (Å²) in [6.45, 7) is 3.43. The Kier molecular flexibility index (Phi) is 2.44. The molecule has 0 aromatic carbocycles. The molecule has 0 fully saturated rings. The van der Waals surface area contributed by atoms with Crippen LogP contribution in [0.25, 0.3) is 11.3 Å². The van der Waals surface area contributed by atoms with Gasteiger partial charge in [-0.15, -0.1) is 0 Å². The van der Waals surface area contributed by atoms with Crippen LogP contribution in [0.2, 0.25) is 0 Å². The molecule has 0 amide bonds. The Bertz CT molecular complexity index is 529. The van der Waals surface area contributed by atoms with Crippen molar-refractivity contribution < 1.29 is 14.4 Å². The molecule has 2 heterocycles. The molecule has 5 heteroatoms. The van der Waals surface area contributed by atoms with Gasteiger partial charge in [0.2, 0.25) is 0 Å². The maximum Gasteiger partial charge on any atom is 0.341 e. The molecule has 2 aromatic rings. The van der Waals surface area contributed by atoms with Crippen molar-refractivity contribution in [1.82, 2.24) is 10.1 Å². The number of aromatic carboxylic acids is 1. The molecule has 16 heavy (non-hydrogen) atoms. The number of carboxylic acid groups (broad SMARTS) is 1. The van der Waals surface area contributed by atoms with E-state index >= 15 is 0 Å². The molecule has 0 radical (unpaired) electrons. The molecule has 0 unspecified atom stereocenters. The number of hydrogen-bond donors (Lipinski definition) is 1. The van der Waals surface area contributed by atoms with Gasteiger partial charge < -0.3 is 9.63 Å². The highest BCUT2D eigenvalue weighted by atomic mass is 16.5. The Hall–Kier alpha value is -2.17. The molecule has 0 aliphatic heterocycles. The SMILES string of the molecule is Cc1ccc(-c2noc(C)c2C(=O)O)cn1. The van der Waals surface area contributed by atoms with Crippen LogP contribution in [0.5, 0.6) is 0 Å². The third-order valence-corrected chi connectivity index (χ3v) is 2.26. The minimum atomic E-state index is -1.05. The number of nitrogens with zero attached hydrogens (tertiary/aromatic N) is 2. The second-order valence-electron chi connectivity index (χ2n) is 3.46. The lowest BCUT2D eigenvalue weighted by molar-refractivity contribution is 0.0696. The van der Waals surface area contributed by atoms with E-state index in [-0.39, 0.29) is 5.56 Å². The Morgan fingerprint density at radius 1 is 1.38 bits per heavy atom. The topological polar surface area (TPSA) is 76.2 Å². The van der Waals surface area contributed by atoms with Gasteiger partial charge >= 0.3 is 5.97 Å². The van der Waals surface area contributed by atoms with Crippen molar-refractivity contribution >= 4 is 5.97 Å². The minimum Gasteiger partial charge on any atom is -0.477 e. The number of rotatable bonds is 2. The quantitative estimate of drug-likeness (QED) is 0.834. The number of pyridine rings is 1. The lowest BCUT2D eigenvalue weighted by atomic mass is 10.1. The monoisotopic (exact) mass is 218 g/mol. The van der Waals surface area contributed by atoms with Gasteiger partial charge in [0.05, 0.1) is 0 Å². The van der Waals surface area contributed by atoms with E-state index < -0.39 is 5.97 Å². The maximum absolute atomic E-state index is 11.0. The summed E-state index contributed by atoms with van der Waals surface area (Å²) in [5.41, 5.74) is 1.91. The van der Waals surface area contributed by atoms with Crippen LogP contribution in [0.4, 0.5) is 0 Å². The van der Waals surface area contributed by atoms with Crippen LogP contribution in [0, 0.1) is 13.8 Å². The van der Waals surface area contributed by atoms with Crippen molar-refractivity contribution in [2.24, 2.45) is 0 Å². The molecule has 0 saturated heterocycles. The van der Waals surface area contributed by atoms with Crippen LogP contribution in [0.15, 0.2) is 22.9 Å². The van der Waals surface area contributed by atoms with Gasteiger partial charge in [0.25, 0.3) is 0 Å². The molecule has 0 saturated carbocycles. The number of aromatic nitrogens is 2. The van der Waals surface area contributed by atoms with E-state index in [0.29, 0.717) is 17.0 Å². The zero-order chi connectivity index (χ0) is 11.7. The molecular formula is C11H10N2O3. The average molecular weight is 218 g/mol. The molecule has 82 valence electrons. The molecule has 0 aliphatic rings. The predicted molar refractivity (Wildman–Crippen MR) is 56.2 cm³/mol. The molecule has 2 rings (SSSR count). The second kappa shape index (κ2) is 3.77. The van der Waals surface area contributed by atoms with E-state index in [0.717, 1.165) is 5.69 Å². The molecule has 2 aromatic heterocycles. The molecule has 0 aliphatic carbocycles. The summed E-state index contributed by atoms with van der Waals surface area (Å²) in [5, 5.41) is 12.8. The Morgan fingerprint density at radius 2 is 2.12 bits per heavy atom. The van der Waals surface area contributed by atoms with Crippen molar-refractivity contribution in [3.05, 3.63) is 35.3 Å². The first kappa shape index (κ1) is 10.4. The Balaban J connectivity index is 2.56. The lowest BCUT2D eigenvalue weighted by Gasteiger charge is -1.98. The highest BCUT2D eigenvalue weighted by Crippen LogP contribution is 2.24. The number of carboxylic acids is 1. The van der Waals surface area contributed by atoms with Gasteiger partial charge in [0.1, 0.15) is 17.0 Å². The molecule has 0 bridgehead atoms. The Morgan fingerprint density at radius 3 is 2.69 bits per heavy atom. The number of hydrogen-bond acceptors (Lipinski definition) is 4. The van der Waals surface area contributed by atoms with Crippen molar-refractivity contribution in [2.75, 3.05) is 0 Å². The number of aryl methyl sites for hydroxylation is 2. The van der Waals surface area contributed by atoms with E-state index in [4.69, 9.17) is 9.63 Å². The van der Waals surface area contributed by atoms with Gasteiger partial charge in [-0.3, -0.25) is 4.98 Å². The van der Waals surface area contributed by atoms with Crippen LogP contribution in [0.3, 0.4) is 0 Å². The molecule has 1 N–H and O–H groups in total. The summed E-state index contributed by atoms with van der Waals surface area (Å²) >= 11 is 0. The highest BCUT2D eigenvalue weighted by Gasteiger charge is 2.20. The first-order chi connectivity index (χ1) is 7.59.